The van der Waals surface area contributed by atoms with Gasteiger partial charge in [0.25, 0.3) is 0 Å². The van der Waals surface area contributed by atoms with Gasteiger partial charge in [0.2, 0.25) is 10.0 Å². The molecule has 0 bridgehead atoms. The molecule has 0 aromatic heterocycles. The summed E-state index contributed by atoms with van der Waals surface area (Å²) < 4.78 is 32.6. The fraction of sp³-hybridized carbons (Fsp3) is 0.632. The van der Waals surface area contributed by atoms with Crippen molar-refractivity contribution in [2.24, 2.45) is 5.92 Å². The summed E-state index contributed by atoms with van der Waals surface area (Å²) in [5.74, 6) is -0.0457. The largest absolute Gasteiger partial charge is 0.465 e. The third-order valence-electron chi connectivity index (χ3n) is 4.90. The minimum absolute atomic E-state index is 0.222. The maximum atomic E-state index is 13.2. The first-order chi connectivity index (χ1) is 12.3. The smallest absolute Gasteiger partial charge is 0.337 e. The van der Waals surface area contributed by atoms with Gasteiger partial charge in [-0.05, 0) is 57.1 Å². The van der Waals surface area contributed by atoms with Crippen LogP contribution in [0.4, 0.5) is 0 Å². The zero-order valence-corrected chi connectivity index (χ0v) is 16.8. The second kappa shape index (κ2) is 9.48. The van der Waals surface area contributed by atoms with Crippen LogP contribution in [-0.2, 0) is 14.8 Å². The van der Waals surface area contributed by atoms with Gasteiger partial charge in [-0.2, -0.15) is 4.31 Å². The molecule has 1 aromatic carbocycles. The molecule has 2 rings (SSSR count). The molecule has 1 aromatic rings. The van der Waals surface area contributed by atoms with Crippen LogP contribution in [0.1, 0.15) is 42.5 Å². The number of rotatable bonds is 8. The Morgan fingerprint density at radius 3 is 2.23 bits per heavy atom. The normalized spacial score (nSPS) is 16.2. The molecule has 1 aliphatic carbocycles. The lowest BCUT2D eigenvalue weighted by molar-refractivity contribution is 0.0600. The van der Waals surface area contributed by atoms with Gasteiger partial charge < -0.3 is 9.64 Å². The van der Waals surface area contributed by atoms with Crippen LogP contribution >= 0.6 is 0 Å². The molecule has 0 spiro atoms. The lowest BCUT2D eigenvalue weighted by Gasteiger charge is -2.30. The third-order valence-corrected chi connectivity index (χ3v) is 6.78. The van der Waals surface area contributed by atoms with E-state index < -0.39 is 16.0 Å². The molecule has 1 fully saturated rings. The number of carbonyl (C=O) groups is 1. The fourth-order valence-corrected chi connectivity index (χ4v) is 4.82. The number of likely N-dealkylation sites (N-methyl/N-ethyl adjacent to an activating group) is 1. The van der Waals surface area contributed by atoms with Gasteiger partial charge in [-0.3, -0.25) is 0 Å². The van der Waals surface area contributed by atoms with E-state index in [1.54, 1.807) is 4.31 Å². The minimum Gasteiger partial charge on any atom is -0.465 e. The van der Waals surface area contributed by atoms with Gasteiger partial charge in [-0.1, -0.05) is 19.3 Å². The van der Waals surface area contributed by atoms with E-state index in [-0.39, 0.29) is 4.90 Å². The van der Waals surface area contributed by atoms with E-state index >= 15 is 0 Å². The van der Waals surface area contributed by atoms with Crippen molar-refractivity contribution >= 4 is 16.0 Å². The lowest BCUT2D eigenvalue weighted by atomic mass is 9.89. The molecule has 6 nitrogen and oxygen atoms in total. The summed E-state index contributed by atoms with van der Waals surface area (Å²) >= 11 is 0. The molecule has 0 saturated heterocycles. The van der Waals surface area contributed by atoms with Crippen molar-refractivity contribution in [3.63, 3.8) is 0 Å². The Kier molecular flexibility index (Phi) is 7.61. The van der Waals surface area contributed by atoms with Crippen LogP contribution in [0, 0.1) is 5.92 Å². The zero-order chi connectivity index (χ0) is 19.2. The number of hydrogen-bond acceptors (Lipinski definition) is 5. The van der Waals surface area contributed by atoms with Crippen LogP contribution in [0.5, 0.6) is 0 Å². The molecule has 0 radical (unpaired) electrons. The minimum atomic E-state index is -3.59. The molecule has 0 amide bonds. The van der Waals surface area contributed by atoms with Gasteiger partial charge in [0.05, 0.1) is 17.6 Å². The lowest BCUT2D eigenvalue weighted by Crippen LogP contribution is -2.40. The van der Waals surface area contributed by atoms with Crippen LogP contribution in [0.25, 0.3) is 0 Å². The number of ether oxygens (including phenoxy) is 1. The van der Waals surface area contributed by atoms with Crippen LogP contribution < -0.4 is 0 Å². The Morgan fingerprint density at radius 1 is 1.08 bits per heavy atom. The molecule has 0 unspecified atom stereocenters. The van der Waals surface area contributed by atoms with Crippen molar-refractivity contribution in [1.82, 2.24) is 9.21 Å². The summed E-state index contributed by atoms with van der Waals surface area (Å²) in [5, 5.41) is 0. The highest BCUT2D eigenvalue weighted by Gasteiger charge is 2.28. The molecule has 0 atom stereocenters. The van der Waals surface area contributed by atoms with Gasteiger partial charge in [0.15, 0.2) is 0 Å². The van der Waals surface area contributed by atoms with E-state index in [4.69, 9.17) is 0 Å². The first-order valence-electron chi connectivity index (χ1n) is 9.18. The van der Waals surface area contributed by atoms with Gasteiger partial charge in [-0.25, -0.2) is 13.2 Å². The first-order valence-corrected chi connectivity index (χ1v) is 10.6. The number of methoxy groups -OCH3 is 1. The van der Waals surface area contributed by atoms with Crippen molar-refractivity contribution in [3.05, 3.63) is 29.8 Å². The Hall–Kier alpha value is -1.44. The first kappa shape index (κ1) is 20.9. The van der Waals surface area contributed by atoms with Crippen LogP contribution in [0.15, 0.2) is 29.2 Å². The average Bonchev–Trinajstić information content (AvgIpc) is 2.65. The standard InChI is InChI=1S/C19H30N2O4S/c1-20(2)13-14-21(15-16-7-5-4-6-8-16)26(23,24)18-11-9-17(10-12-18)19(22)25-3/h9-12,16H,4-8,13-15H2,1-3H3. The third kappa shape index (κ3) is 5.53. The number of benzene rings is 1. The quantitative estimate of drug-likeness (QED) is 0.647. The van der Waals surface area contributed by atoms with Crippen LogP contribution in [0.3, 0.4) is 0 Å². The Labute approximate surface area is 157 Å². The van der Waals surface area contributed by atoms with Crippen LogP contribution in [-0.4, -0.2) is 64.4 Å². The second-order valence-corrected chi connectivity index (χ2v) is 9.12. The topological polar surface area (TPSA) is 66.9 Å². The summed E-state index contributed by atoms with van der Waals surface area (Å²) in [7, 11) is 1.60. The molecular formula is C19H30N2O4S. The summed E-state index contributed by atoms with van der Waals surface area (Å²) in [5.41, 5.74) is 0.346. The van der Waals surface area contributed by atoms with E-state index in [1.165, 1.54) is 50.6 Å². The van der Waals surface area contributed by atoms with E-state index in [0.29, 0.717) is 31.1 Å². The van der Waals surface area contributed by atoms with Gasteiger partial charge in [-0.15, -0.1) is 0 Å². The molecule has 146 valence electrons. The number of carbonyl (C=O) groups excluding carboxylic acids is 1. The maximum absolute atomic E-state index is 13.2. The zero-order valence-electron chi connectivity index (χ0n) is 16.0. The summed E-state index contributed by atoms with van der Waals surface area (Å²) in [6, 6.07) is 5.99. The fourth-order valence-electron chi connectivity index (χ4n) is 3.31. The predicted octanol–water partition coefficient (Wildman–Crippen LogP) is 2.61. The Bertz CT molecular complexity index is 680. The predicted molar refractivity (Wildman–Crippen MR) is 102 cm³/mol. The molecule has 7 heteroatoms. The van der Waals surface area contributed by atoms with E-state index in [9.17, 15) is 13.2 Å². The number of nitrogens with zero attached hydrogens (tertiary/aromatic N) is 2. The summed E-state index contributed by atoms with van der Waals surface area (Å²) in [4.78, 5) is 13.8. The summed E-state index contributed by atoms with van der Waals surface area (Å²) in [6.45, 7) is 1.70. The molecule has 0 heterocycles. The Morgan fingerprint density at radius 2 is 1.69 bits per heavy atom. The average molecular weight is 383 g/mol. The molecule has 0 aliphatic heterocycles. The van der Waals surface area contributed by atoms with E-state index in [1.807, 2.05) is 19.0 Å². The molecule has 26 heavy (non-hydrogen) atoms. The maximum Gasteiger partial charge on any atom is 0.337 e. The van der Waals surface area contributed by atoms with Gasteiger partial charge in [0, 0.05) is 19.6 Å². The Balaban J connectivity index is 2.20. The number of hydrogen-bond donors (Lipinski definition) is 0. The van der Waals surface area contributed by atoms with Gasteiger partial charge in [0.1, 0.15) is 0 Å². The molecule has 0 N–H and O–H groups in total. The van der Waals surface area contributed by atoms with E-state index in [2.05, 4.69) is 4.74 Å². The van der Waals surface area contributed by atoms with Gasteiger partial charge >= 0.3 is 5.97 Å². The molecule has 1 aliphatic rings. The summed E-state index contributed by atoms with van der Waals surface area (Å²) in [6.07, 6.45) is 5.79. The SMILES string of the molecule is COC(=O)c1ccc(S(=O)(=O)N(CCN(C)C)CC2CCCCC2)cc1. The van der Waals surface area contributed by atoms with Crippen molar-refractivity contribution in [3.8, 4) is 0 Å². The second-order valence-electron chi connectivity index (χ2n) is 7.19. The van der Waals surface area contributed by atoms with Crippen molar-refractivity contribution in [1.29, 1.82) is 0 Å². The number of esters is 1. The highest BCUT2D eigenvalue weighted by atomic mass is 32.2. The number of sulfonamides is 1. The van der Waals surface area contributed by atoms with Crippen molar-refractivity contribution in [2.75, 3.05) is 40.8 Å². The van der Waals surface area contributed by atoms with Crippen molar-refractivity contribution in [2.45, 2.75) is 37.0 Å². The molecular weight excluding hydrogens is 352 g/mol. The monoisotopic (exact) mass is 382 g/mol. The highest BCUT2D eigenvalue weighted by molar-refractivity contribution is 7.89. The molecule has 1 saturated carbocycles. The van der Waals surface area contributed by atoms with E-state index in [0.717, 1.165) is 12.8 Å². The van der Waals surface area contributed by atoms with Crippen molar-refractivity contribution < 1.29 is 17.9 Å². The van der Waals surface area contributed by atoms with Crippen LogP contribution in [0.2, 0.25) is 0 Å². The highest BCUT2D eigenvalue weighted by Crippen LogP contribution is 2.27.